The number of hydrogen-bond acceptors (Lipinski definition) is 4. The van der Waals surface area contributed by atoms with Crippen LogP contribution in [0.5, 0.6) is 11.6 Å². The van der Waals surface area contributed by atoms with Crippen LogP contribution in [0.1, 0.15) is 57.6 Å². The van der Waals surface area contributed by atoms with Crippen molar-refractivity contribution in [3.05, 3.63) is 23.9 Å². The standard InChI is InChI=1S/C20H26F2N2O2/c1-13-6-5-8-14(13)7-3-4-11-20(21,22)18-19(25)24-17-12-15(26-2)9-10-16(17)23-18/h9-10,12-14H,3-8,11H2,1-2H3,(H,24,25)/p-1/t13?,14-/m1/s1. The minimum Gasteiger partial charge on any atom is -0.857 e. The van der Waals surface area contributed by atoms with E-state index in [-0.39, 0.29) is 17.5 Å². The number of benzene rings is 1. The number of nitrogens with zero attached hydrogens (tertiary/aromatic N) is 2. The largest absolute Gasteiger partial charge is 0.857 e. The normalized spacial score (nSPS) is 20.6. The minimum atomic E-state index is -3.25. The van der Waals surface area contributed by atoms with Gasteiger partial charge in [-0.2, -0.15) is 8.78 Å². The van der Waals surface area contributed by atoms with Crippen molar-refractivity contribution in [1.82, 2.24) is 9.97 Å². The second kappa shape index (κ2) is 7.72. The Bertz CT molecular complexity index is 767. The molecule has 1 heterocycles. The van der Waals surface area contributed by atoms with Crippen LogP contribution in [0.25, 0.3) is 11.0 Å². The van der Waals surface area contributed by atoms with Gasteiger partial charge in [0.2, 0.25) is 0 Å². The van der Waals surface area contributed by atoms with Crippen molar-refractivity contribution in [2.75, 3.05) is 7.11 Å². The van der Waals surface area contributed by atoms with Gasteiger partial charge in [0.25, 0.3) is 5.92 Å². The highest BCUT2D eigenvalue weighted by molar-refractivity contribution is 5.76. The predicted octanol–water partition coefficient (Wildman–Crippen LogP) is 4.80. The molecule has 0 N–H and O–H groups in total. The Labute approximate surface area is 152 Å². The maximum atomic E-state index is 14.5. The molecule has 0 aliphatic heterocycles. The summed E-state index contributed by atoms with van der Waals surface area (Å²) in [5, 5.41) is 12.1. The van der Waals surface area contributed by atoms with E-state index in [1.165, 1.54) is 32.4 Å². The van der Waals surface area contributed by atoms with E-state index in [1.54, 1.807) is 12.1 Å². The monoisotopic (exact) mass is 363 g/mol. The molecular weight excluding hydrogens is 338 g/mol. The molecule has 1 fully saturated rings. The average Bonchev–Trinajstić information content (AvgIpc) is 3.02. The number of halogens is 2. The molecule has 1 aliphatic rings. The Kier molecular flexibility index (Phi) is 5.58. The molecule has 1 aliphatic carbocycles. The minimum absolute atomic E-state index is 0.268. The second-order valence-corrected chi connectivity index (χ2v) is 7.35. The maximum Gasteiger partial charge on any atom is 0.290 e. The van der Waals surface area contributed by atoms with Crippen LogP contribution in [-0.2, 0) is 5.92 Å². The second-order valence-electron chi connectivity index (χ2n) is 7.35. The van der Waals surface area contributed by atoms with Gasteiger partial charge in [-0.1, -0.05) is 39.0 Å². The summed E-state index contributed by atoms with van der Waals surface area (Å²) in [6.07, 6.45) is 5.48. The molecule has 0 spiro atoms. The fraction of sp³-hybridized carbons (Fsp3) is 0.600. The van der Waals surface area contributed by atoms with E-state index in [9.17, 15) is 13.9 Å². The van der Waals surface area contributed by atoms with E-state index < -0.39 is 17.5 Å². The number of hydrogen-bond donors (Lipinski definition) is 0. The van der Waals surface area contributed by atoms with Crippen molar-refractivity contribution in [1.29, 1.82) is 0 Å². The molecule has 0 saturated heterocycles. The van der Waals surface area contributed by atoms with Crippen LogP contribution in [0.4, 0.5) is 8.78 Å². The maximum absolute atomic E-state index is 14.5. The fourth-order valence-electron chi connectivity index (χ4n) is 3.91. The van der Waals surface area contributed by atoms with Gasteiger partial charge in [-0.05, 0) is 30.4 Å². The molecule has 2 atom stereocenters. The van der Waals surface area contributed by atoms with Crippen molar-refractivity contribution < 1.29 is 18.6 Å². The van der Waals surface area contributed by atoms with E-state index in [0.29, 0.717) is 24.0 Å². The van der Waals surface area contributed by atoms with Gasteiger partial charge in [-0.3, -0.25) is 4.98 Å². The summed E-state index contributed by atoms with van der Waals surface area (Å²) < 4.78 is 34.1. The van der Waals surface area contributed by atoms with E-state index in [1.807, 2.05) is 0 Å². The molecular formula is C20H25F2N2O2-. The highest BCUT2D eigenvalue weighted by atomic mass is 19.3. The van der Waals surface area contributed by atoms with Gasteiger partial charge in [0.05, 0.1) is 18.1 Å². The molecule has 0 bridgehead atoms. The lowest BCUT2D eigenvalue weighted by Gasteiger charge is -2.22. The lowest BCUT2D eigenvalue weighted by atomic mass is 9.92. The van der Waals surface area contributed by atoms with Gasteiger partial charge in [-0.25, -0.2) is 4.98 Å². The molecule has 6 heteroatoms. The smallest absolute Gasteiger partial charge is 0.290 e. The number of unbranched alkanes of at least 4 members (excludes halogenated alkanes) is 1. The Morgan fingerprint density at radius 1 is 1.19 bits per heavy atom. The lowest BCUT2D eigenvalue weighted by Crippen LogP contribution is -2.19. The third-order valence-corrected chi connectivity index (χ3v) is 5.54. The molecule has 1 aromatic heterocycles. The fourth-order valence-corrected chi connectivity index (χ4v) is 3.91. The molecule has 1 unspecified atom stereocenters. The number of rotatable bonds is 7. The van der Waals surface area contributed by atoms with Gasteiger partial charge in [0, 0.05) is 18.4 Å². The average molecular weight is 363 g/mol. The van der Waals surface area contributed by atoms with E-state index in [2.05, 4.69) is 16.9 Å². The van der Waals surface area contributed by atoms with Crippen molar-refractivity contribution in [2.45, 2.75) is 57.8 Å². The van der Waals surface area contributed by atoms with Gasteiger partial charge in [-0.15, -0.1) is 0 Å². The first kappa shape index (κ1) is 18.8. The topological polar surface area (TPSA) is 58.1 Å². The zero-order valence-corrected chi connectivity index (χ0v) is 15.3. The molecule has 2 aromatic rings. The van der Waals surface area contributed by atoms with Gasteiger partial charge in [0.1, 0.15) is 11.4 Å². The van der Waals surface area contributed by atoms with Crippen LogP contribution < -0.4 is 9.84 Å². The van der Waals surface area contributed by atoms with Gasteiger partial charge in [0.15, 0.2) is 0 Å². The van der Waals surface area contributed by atoms with Gasteiger partial charge < -0.3 is 9.84 Å². The molecule has 1 aromatic carbocycles. The molecule has 26 heavy (non-hydrogen) atoms. The number of fused-ring (bicyclic) bond motifs is 1. The summed E-state index contributed by atoms with van der Waals surface area (Å²) in [6, 6.07) is 4.68. The third kappa shape index (κ3) is 4.05. The molecule has 1 saturated carbocycles. The van der Waals surface area contributed by atoms with E-state index >= 15 is 0 Å². The first-order valence-electron chi connectivity index (χ1n) is 9.32. The van der Waals surface area contributed by atoms with Crippen molar-refractivity contribution in [2.24, 2.45) is 11.8 Å². The van der Waals surface area contributed by atoms with Crippen LogP contribution in [0.3, 0.4) is 0 Å². The first-order chi connectivity index (χ1) is 12.4. The van der Waals surface area contributed by atoms with Crippen molar-refractivity contribution >= 4 is 11.0 Å². The summed E-state index contributed by atoms with van der Waals surface area (Å²) in [5.74, 6) is -2.34. The molecule has 0 amide bonds. The highest BCUT2D eigenvalue weighted by Gasteiger charge is 2.34. The lowest BCUT2D eigenvalue weighted by molar-refractivity contribution is -0.279. The molecule has 0 radical (unpaired) electrons. The molecule has 3 rings (SSSR count). The summed E-state index contributed by atoms with van der Waals surface area (Å²) in [7, 11) is 1.49. The zero-order chi connectivity index (χ0) is 18.7. The third-order valence-electron chi connectivity index (χ3n) is 5.54. The van der Waals surface area contributed by atoms with Crippen LogP contribution in [0, 0.1) is 11.8 Å². The predicted molar refractivity (Wildman–Crippen MR) is 94.4 cm³/mol. The van der Waals surface area contributed by atoms with Crippen molar-refractivity contribution in [3.63, 3.8) is 0 Å². The molecule has 4 nitrogen and oxygen atoms in total. The highest BCUT2D eigenvalue weighted by Crippen LogP contribution is 2.38. The number of methoxy groups -OCH3 is 1. The van der Waals surface area contributed by atoms with Crippen LogP contribution in [0.2, 0.25) is 0 Å². The van der Waals surface area contributed by atoms with E-state index in [4.69, 9.17) is 4.74 Å². The molecule has 142 valence electrons. The van der Waals surface area contributed by atoms with E-state index in [0.717, 1.165) is 12.8 Å². The van der Waals surface area contributed by atoms with Crippen LogP contribution in [-0.4, -0.2) is 17.1 Å². The van der Waals surface area contributed by atoms with Gasteiger partial charge >= 0.3 is 0 Å². The summed E-state index contributed by atoms with van der Waals surface area (Å²) in [6.45, 7) is 2.25. The summed E-state index contributed by atoms with van der Waals surface area (Å²) in [4.78, 5) is 7.68. The zero-order valence-electron chi connectivity index (χ0n) is 15.3. The SMILES string of the molecule is COc1ccc2nc(C(F)(F)CCCC[C@@H]3CCCC3C)c([O-])nc2c1. The van der Waals surface area contributed by atoms with Crippen LogP contribution in [0.15, 0.2) is 18.2 Å². The van der Waals surface area contributed by atoms with Crippen LogP contribution >= 0.6 is 0 Å². The Hall–Kier alpha value is -1.98. The summed E-state index contributed by atoms with van der Waals surface area (Å²) in [5.41, 5.74) is -0.201. The van der Waals surface area contributed by atoms with Crippen molar-refractivity contribution in [3.8, 4) is 11.6 Å². The summed E-state index contributed by atoms with van der Waals surface area (Å²) >= 11 is 0. The Balaban J connectivity index is 1.66. The number of aromatic nitrogens is 2. The number of ether oxygens (including phenoxy) is 1. The number of alkyl halides is 2. The quantitative estimate of drug-likeness (QED) is 0.663. The first-order valence-corrected chi connectivity index (χ1v) is 9.32. The Morgan fingerprint density at radius 3 is 2.69 bits per heavy atom. The Morgan fingerprint density at radius 2 is 2.00 bits per heavy atom.